The molecule has 1 aromatic rings. The fourth-order valence-corrected chi connectivity index (χ4v) is 3.63. The highest BCUT2D eigenvalue weighted by Crippen LogP contribution is 2.26. The van der Waals surface area contributed by atoms with Gasteiger partial charge in [-0.25, -0.2) is 9.18 Å². The van der Waals surface area contributed by atoms with Gasteiger partial charge in [-0.2, -0.15) is 0 Å². The van der Waals surface area contributed by atoms with Crippen molar-refractivity contribution in [2.45, 2.75) is 45.3 Å². The first-order valence-corrected chi connectivity index (χ1v) is 9.40. The number of carbonyl (C=O) groups excluding carboxylic acids is 1. The number of rotatable bonds is 3. The Morgan fingerprint density at radius 3 is 2.58 bits per heavy atom. The first kappa shape index (κ1) is 19.0. The maximum absolute atomic E-state index is 12.9. The number of fused-ring (bicyclic) bond motifs is 1. The maximum Gasteiger partial charge on any atom is 0.410 e. The molecule has 5 nitrogen and oxygen atoms in total. The molecule has 0 N–H and O–H groups in total. The SMILES string of the molecule is CC(C)(C)OC(=O)N1CCN2C[C@@H](COc3ccc(F)cc3)CC[C@@H]2C1. The van der Waals surface area contributed by atoms with Crippen molar-refractivity contribution in [3.63, 3.8) is 0 Å². The predicted octanol–water partition coefficient (Wildman–Crippen LogP) is 3.54. The fraction of sp³-hybridized carbons (Fsp3) is 0.650. The Bertz CT molecular complexity index is 614. The van der Waals surface area contributed by atoms with Gasteiger partial charge in [0.25, 0.3) is 0 Å². The van der Waals surface area contributed by atoms with E-state index in [1.165, 1.54) is 12.1 Å². The Hall–Kier alpha value is -1.82. The number of halogens is 1. The van der Waals surface area contributed by atoms with E-state index in [-0.39, 0.29) is 11.9 Å². The highest BCUT2D eigenvalue weighted by Gasteiger charge is 2.35. The molecule has 0 radical (unpaired) electrons. The highest BCUT2D eigenvalue weighted by atomic mass is 19.1. The Kier molecular flexibility index (Phi) is 5.70. The number of hydrogen-bond donors (Lipinski definition) is 0. The smallest absolute Gasteiger partial charge is 0.410 e. The third-order valence-electron chi connectivity index (χ3n) is 4.96. The van der Waals surface area contributed by atoms with E-state index >= 15 is 0 Å². The van der Waals surface area contributed by atoms with Crippen molar-refractivity contribution in [2.75, 3.05) is 32.8 Å². The minimum Gasteiger partial charge on any atom is -0.493 e. The maximum atomic E-state index is 12.9. The van der Waals surface area contributed by atoms with Crippen LogP contribution in [0.4, 0.5) is 9.18 Å². The van der Waals surface area contributed by atoms with Crippen molar-refractivity contribution in [2.24, 2.45) is 5.92 Å². The molecule has 3 rings (SSSR count). The number of benzene rings is 1. The lowest BCUT2D eigenvalue weighted by molar-refractivity contribution is -0.0122. The Morgan fingerprint density at radius 1 is 1.15 bits per heavy atom. The van der Waals surface area contributed by atoms with Crippen molar-refractivity contribution < 1.29 is 18.7 Å². The van der Waals surface area contributed by atoms with E-state index in [0.717, 1.165) is 32.5 Å². The van der Waals surface area contributed by atoms with Crippen molar-refractivity contribution >= 4 is 6.09 Å². The lowest BCUT2D eigenvalue weighted by atomic mass is 9.91. The second-order valence-electron chi connectivity index (χ2n) is 8.28. The van der Waals surface area contributed by atoms with Crippen LogP contribution in [0, 0.1) is 11.7 Å². The Morgan fingerprint density at radius 2 is 1.88 bits per heavy atom. The standard InChI is InChI=1S/C20H29FN2O3/c1-20(2,3)26-19(24)23-11-10-22-12-15(4-7-17(22)13-23)14-25-18-8-5-16(21)6-9-18/h5-6,8-9,15,17H,4,7,10-14H2,1-3H3/t15-,17+/m0/s1. The average Bonchev–Trinajstić information content (AvgIpc) is 2.59. The summed E-state index contributed by atoms with van der Waals surface area (Å²) in [5.41, 5.74) is -0.455. The molecular formula is C20H29FN2O3. The van der Waals surface area contributed by atoms with Gasteiger partial charge in [0.1, 0.15) is 17.2 Å². The summed E-state index contributed by atoms with van der Waals surface area (Å²) in [6.45, 7) is 9.63. The summed E-state index contributed by atoms with van der Waals surface area (Å²) >= 11 is 0. The molecule has 0 unspecified atom stereocenters. The summed E-state index contributed by atoms with van der Waals surface area (Å²) in [4.78, 5) is 16.6. The summed E-state index contributed by atoms with van der Waals surface area (Å²) in [7, 11) is 0. The average molecular weight is 364 g/mol. The molecule has 1 aromatic carbocycles. The molecule has 2 aliphatic rings. The van der Waals surface area contributed by atoms with Gasteiger partial charge in [0.05, 0.1) is 6.61 Å². The second kappa shape index (κ2) is 7.82. The lowest BCUT2D eigenvalue weighted by Gasteiger charge is -2.46. The topological polar surface area (TPSA) is 42.0 Å². The van der Waals surface area contributed by atoms with E-state index in [9.17, 15) is 9.18 Å². The number of ether oxygens (including phenoxy) is 2. The van der Waals surface area contributed by atoms with E-state index in [1.807, 2.05) is 25.7 Å². The Balaban J connectivity index is 1.46. The number of hydrogen-bond acceptors (Lipinski definition) is 4. The molecule has 144 valence electrons. The molecule has 2 heterocycles. The van der Waals surface area contributed by atoms with E-state index < -0.39 is 5.60 Å². The molecule has 2 saturated heterocycles. The summed E-state index contributed by atoms with van der Waals surface area (Å²) in [6.07, 6.45) is 1.92. The van der Waals surface area contributed by atoms with Gasteiger partial charge in [-0.05, 0) is 57.9 Å². The van der Waals surface area contributed by atoms with E-state index in [1.54, 1.807) is 12.1 Å². The monoisotopic (exact) mass is 364 g/mol. The van der Waals surface area contributed by atoms with Gasteiger partial charge in [0.15, 0.2) is 0 Å². The van der Waals surface area contributed by atoms with Crippen molar-refractivity contribution in [1.29, 1.82) is 0 Å². The summed E-state index contributed by atoms with van der Waals surface area (Å²) in [5, 5.41) is 0. The van der Waals surface area contributed by atoms with Crippen molar-refractivity contribution in [3.8, 4) is 5.75 Å². The van der Waals surface area contributed by atoms with E-state index in [4.69, 9.17) is 9.47 Å². The quantitative estimate of drug-likeness (QED) is 0.823. The van der Waals surface area contributed by atoms with Crippen LogP contribution >= 0.6 is 0 Å². The summed E-state index contributed by atoms with van der Waals surface area (Å²) < 4.78 is 24.3. The largest absolute Gasteiger partial charge is 0.493 e. The lowest BCUT2D eigenvalue weighted by Crippen LogP contribution is -2.58. The molecule has 2 atom stereocenters. The van der Waals surface area contributed by atoms with Gasteiger partial charge < -0.3 is 14.4 Å². The zero-order chi connectivity index (χ0) is 18.7. The van der Waals surface area contributed by atoms with Crippen LogP contribution in [-0.4, -0.2) is 60.3 Å². The van der Waals surface area contributed by atoms with Crippen LogP contribution in [0.5, 0.6) is 5.75 Å². The molecule has 0 spiro atoms. The van der Waals surface area contributed by atoms with Gasteiger partial charge >= 0.3 is 6.09 Å². The van der Waals surface area contributed by atoms with Crippen LogP contribution in [0.15, 0.2) is 24.3 Å². The fourth-order valence-electron chi connectivity index (χ4n) is 3.63. The predicted molar refractivity (Wildman–Crippen MR) is 97.8 cm³/mol. The first-order chi connectivity index (χ1) is 12.3. The number of piperazine rings is 1. The number of carbonyl (C=O) groups is 1. The third kappa shape index (κ3) is 5.10. The van der Waals surface area contributed by atoms with Crippen LogP contribution < -0.4 is 4.74 Å². The van der Waals surface area contributed by atoms with Crippen LogP contribution in [0.2, 0.25) is 0 Å². The molecule has 0 aromatic heterocycles. The van der Waals surface area contributed by atoms with Gasteiger partial charge in [0.2, 0.25) is 0 Å². The minimum atomic E-state index is -0.455. The molecule has 0 saturated carbocycles. The van der Waals surface area contributed by atoms with Gasteiger partial charge in [0, 0.05) is 38.1 Å². The van der Waals surface area contributed by atoms with Crippen LogP contribution in [-0.2, 0) is 4.74 Å². The molecule has 1 amide bonds. The molecule has 0 aliphatic carbocycles. The number of amides is 1. The molecule has 2 fully saturated rings. The zero-order valence-corrected chi connectivity index (χ0v) is 15.9. The number of piperidine rings is 1. The minimum absolute atomic E-state index is 0.209. The highest BCUT2D eigenvalue weighted by molar-refractivity contribution is 5.68. The Labute approximate surface area is 155 Å². The van der Waals surface area contributed by atoms with E-state index in [0.29, 0.717) is 30.9 Å². The number of nitrogens with zero attached hydrogens (tertiary/aromatic N) is 2. The summed E-state index contributed by atoms with van der Waals surface area (Å²) in [6, 6.07) is 6.57. The van der Waals surface area contributed by atoms with Crippen LogP contribution in [0.25, 0.3) is 0 Å². The molecule has 0 bridgehead atoms. The van der Waals surface area contributed by atoms with E-state index in [2.05, 4.69) is 4.90 Å². The van der Waals surface area contributed by atoms with Gasteiger partial charge in [-0.3, -0.25) is 4.90 Å². The van der Waals surface area contributed by atoms with Crippen LogP contribution in [0.3, 0.4) is 0 Å². The molecule has 6 heteroatoms. The normalized spacial score (nSPS) is 24.1. The second-order valence-corrected chi connectivity index (χ2v) is 8.28. The van der Waals surface area contributed by atoms with Crippen molar-refractivity contribution in [3.05, 3.63) is 30.1 Å². The molecular weight excluding hydrogens is 335 g/mol. The van der Waals surface area contributed by atoms with Crippen LogP contribution in [0.1, 0.15) is 33.6 Å². The van der Waals surface area contributed by atoms with Gasteiger partial charge in [-0.1, -0.05) is 0 Å². The molecule has 2 aliphatic heterocycles. The zero-order valence-electron chi connectivity index (χ0n) is 15.9. The molecule has 26 heavy (non-hydrogen) atoms. The summed E-state index contributed by atoms with van der Waals surface area (Å²) in [5.74, 6) is 0.924. The first-order valence-electron chi connectivity index (χ1n) is 9.40. The third-order valence-corrected chi connectivity index (χ3v) is 4.96. The van der Waals surface area contributed by atoms with Gasteiger partial charge in [-0.15, -0.1) is 0 Å². The van der Waals surface area contributed by atoms with Crippen molar-refractivity contribution in [1.82, 2.24) is 9.80 Å².